The van der Waals surface area contributed by atoms with Crippen LogP contribution in [-0.2, 0) is 6.54 Å². The van der Waals surface area contributed by atoms with Gasteiger partial charge in [-0.25, -0.2) is 18.6 Å². The van der Waals surface area contributed by atoms with Crippen molar-refractivity contribution in [3.05, 3.63) is 101 Å². The first-order valence-corrected chi connectivity index (χ1v) is 11.3. The van der Waals surface area contributed by atoms with Crippen molar-refractivity contribution in [3.63, 3.8) is 0 Å². The van der Waals surface area contributed by atoms with Crippen LogP contribution in [0.25, 0.3) is 16.9 Å². The van der Waals surface area contributed by atoms with Gasteiger partial charge >= 0.3 is 5.69 Å². The van der Waals surface area contributed by atoms with Crippen molar-refractivity contribution >= 4 is 30.6 Å². The Morgan fingerprint density at radius 1 is 1.00 bits per heavy atom. The number of benzene rings is 2. The van der Waals surface area contributed by atoms with Gasteiger partial charge in [0.2, 0.25) is 0 Å². The van der Waals surface area contributed by atoms with E-state index in [4.69, 9.17) is 0 Å². The minimum absolute atomic E-state index is 0. The van der Waals surface area contributed by atoms with Crippen molar-refractivity contribution in [3.8, 4) is 16.9 Å². The molecular weight excluding hydrogens is 507 g/mol. The van der Waals surface area contributed by atoms with Crippen LogP contribution in [0.5, 0.6) is 0 Å². The topological polar surface area (TPSA) is 63.9 Å². The lowest BCUT2D eigenvalue weighted by atomic mass is 10.1. The van der Waals surface area contributed by atoms with E-state index in [-0.39, 0.29) is 48.7 Å². The van der Waals surface area contributed by atoms with E-state index in [9.17, 15) is 13.6 Å². The average Bonchev–Trinajstić information content (AvgIpc) is 3.18. The van der Waals surface area contributed by atoms with E-state index in [0.29, 0.717) is 23.0 Å². The lowest BCUT2D eigenvalue weighted by Gasteiger charge is -2.24. The first-order valence-electron chi connectivity index (χ1n) is 11.3. The minimum atomic E-state index is -0.387. The zero-order chi connectivity index (χ0) is 23.5. The molecule has 0 unspecified atom stereocenters. The molecule has 1 aliphatic rings. The standard InChI is InChI=1S/C26H25F2N5O.2ClH/c27-20-5-7-22(8-6-20)33-24(17-32(26(33)34)16-19-3-1-2-4-23(19)28)18-9-14-30-25(15-18)31-21-10-12-29-13-11-21;;/h1-9,14-15,17,21,29H,10-13,16H2,(H,30,31);2*1H. The summed E-state index contributed by atoms with van der Waals surface area (Å²) in [4.78, 5) is 17.9. The van der Waals surface area contributed by atoms with Crippen LogP contribution in [-0.4, -0.2) is 33.2 Å². The summed E-state index contributed by atoms with van der Waals surface area (Å²) in [5.74, 6) is -0.0336. The maximum absolute atomic E-state index is 14.3. The Bertz CT molecular complexity index is 1350. The number of anilines is 1. The summed E-state index contributed by atoms with van der Waals surface area (Å²) < 4.78 is 30.9. The van der Waals surface area contributed by atoms with Crippen molar-refractivity contribution in [2.75, 3.05) is 18.4 Å². The molecule has 10 heteroatoms. The molecule has 3 heterocycles. The fourth-order valence-electron chi connectivity index (χ4n) is 4.30. The molecule has 0 bridgehead atoms. The molecule has 1 saturated heterocycles. The number of piperidine rings is 1. The van der Waals surface area contributed by atoms with Crippen molar-refractivity contribution in [2.45, 2.75) is 25.4 Å². The van der Waals surface area contributed by atoms with E-state index < -0.39 is 0 Å². The van der Waals surface area contributed by atoms with Gasteiger partial charge in [-0.05, 0) is 68.4 Å². The first-order chi connectivity index (χ1) is 16.6. The monoisotopic (exact) mass is 533 g/mol. The molecular formula is C26H27Cl2F2N5O. The van der Waals surface area contributed by atoms with Gasteiger partial charge in [0.25, 0.3) is 0 Å². The Morgan fingerprint density at radius 2 is 1.72 bits per heavy atom. The molecule has 2 aromatic heterocycles. The Morgan fingerprint density at radius 3 is 2.44 bits per heavy atom. The van der Waals surface area contributed by atoms with Crippen molar-refractivity contribution in [2.24, 2.45) is 0 Å². The van der Waals surface area contributed by atoms with Gasteiger partial charge in [-0.2, -0.15) is 0 Å². The zero-order valence-electron chi connectivity index (χ0n) is 19.4. The molecule has 0 spiro atoms. The van der Waals surface area contributed by atoms with E-state index in [1.54, 1.807) is 42.7 Å². The fourth-order valence-corrected chi connectivity index (χ4v) is 4.30. The first kappa shape index (κ1) is 27.4. The second kappa shape index (κ2) is 12.2. The number of imidazole rings is 1. The summed E-state index contributed by atoms with van der Waals surface area (Å²) in [6.07, 6.45) is 5.42. The third-order valence-electron chi connectivity index (χ3n) is 6.09. The molecule has 0 amide bonds. The molecule has 0 atom stereocenters. The van der Waals surface area contributed by atoms with Crippen LogP contribution in [0.3, 0.4) is 0 Å². The van der Waals surface area contributed by atoms with Crippen molar-refractivity contribution < 1.29 is 8.78 Å². The average molecular weight is 534 g/mol. The SMILES string of the molecule is Cl.Cl.O=c1n(Cc2ccccc2F)cc(-c2ccnc(NC3CCNCC3)c2)n1-c1ccc(F)cc1. The van der Waals surface area contributed by atoms with Crippen molar-refractivity contribution in [1.82, 2.24) is 19.4 Å². The number of pyridine rings is 1. The van der Waals surface area contributed by atoms with Crippen LogP contribution < -0.4 is 16.3 Å². The Hall–Kier alpha value is -3.20. The normalized spacial score (nSPS) is 13.5. The van der Waals surface area contributed by atoms with Crippen LogP contribution in [0, 0.1) is 11.6 Å². The number of hydrogen-bond acceptors (Lipinski definition) is 4. The molecule has 0 radical (unpaired) electrons. The molecule has 2 aromatic carbocycles. The number of nitrogens with zero attached hydrogens (tertiary/aromatic N) is 3. The molecule has 4 aromatic rings. The van der Waals surface area contributed by atoms with E-state index in [0.717, 1.165) is 37.3 Å². The summed E-state index contributed by atoms with van der Waals surface area (Å²) in [7, 11) is 0. The Kier molecular flexibility index (Phi) is 9.25. The highest BCUT2D eigenvalue weighted by Crippen LogP contribution is 2.25. The molecule has 6 nitrogen and oxygen atoms in total. The van der Waals surface area contributed by atoms with Crippen LogP contribution in [0.1, 0.15) is 18.4 Å². The van der Waals surface area contributed by atoms with Crippen LogP contribution in [0.15, 0.2) is 77.9 Å². The highest BCUT2D eigenvalue weighted by atomic mass is 35.5. The molecule has 1 aliphatic heterocycles. The highest BCUT2D eigenvalue weighted by molar-refractivity contribution is 5.85. The lowest BCUT2D eigenvalue weighted by Crippen LogP contribution is -2.35. The van der Waals surface area contributed by atoms with Gasteiger partial charge in [0.05, 0.1) is 17.9 Å². The summed E-state index contributed by atoms with van der Waals surface area (Å²) in [6.45, 7) is 2.00. The maximum atomic E-state index is 14.3. The number of hydrogen-bond donors (Lipinski definition) is 2. The van der Waals surface area contributed by atoms with Crippen LogP contribution in [0.4, 0.5) is 14.6 Å². The van der Waals surface area contributed by atoms with E-state index in [1.165, 1.54) is 27.3 Å². The van der Waals surface area contributed by atoms with E-state index in [2.05, 4.69) is 15.6 Å². The number of aromatic nitrogens is 3. The summed E-state index contributed by atoms with van der Waals surface area (Å²) in [6, 6.07) is 16.2. The third-order valence-corrected chi connectivity index (χ3v) is 6.09. The highest BCUT2D eigenvalue weighted by Gasteiger charge is 2.18. The minimum Gasteiger partial charge on any atom is -0.367 e. The third kappa shape index (κ3) is 5.95. The fraction of sp³-hybridized carbons (Fsp3) is 0.231. The second-order valence-electron chi connectivity index (χ2n) is 8.43. The zero-order valence-corrected chi connectivity index (χ0v) is 21.0. The van der Waals surface area contributed by atoms with Crippen LogP contribution >= 0.6 is 24.8 Å². The molecule has 1 fully saturated rings. The molecule has 2 N–H and O–H groups in total. The summed E-state index contributed by atoms with van der Waals surface area (Å²) in [5, 5.41) is 6.83. The lowest BCUT2D eigenvalue weighted by molar-refractivity contribution is 0.478. The quantitative estimate of drug-likeness (QED) is 0.364. The number of nitrogens with one attached hydrogen (secondary N) is 2. The summed E-state index contributed by atoms with van der Waals surface area (Å²) in [5.41, 5.74) is 1.99. The molecule has 190 valence electrons. The molecule has 5 rings (SSSR count). The number of rotatable bonds is 6. The second-order valence-corrected chi connectivity index (χ2v) is 8.43. The van der Waals surface area contributed by atoms with Gasteiger partial charge in [-0.1, -0.05) is 18.2 Å². The Balaban J connectivity index is 0.00000180. The van der Waals surface area contributed by atoms with Crippen LogP contribution in [0.2, 0.25) is 0 Å². The molecule has 0 saturated carbocycles. The van der Waals surface area contributed by atoms with E-state index in [1.807, 2.05) is 12.1 Å². The predicted molar refractivity (Wildman–Crippen MR) is 143 cm³/mol. The largest absolute Gasteiger partial charge is 0.367 e. The summed E-state index contributed by atoms with van der Waals surface area (Å²) >= 11 is 0. The van der Waals surface area contributed by atoms with Gasteiger partial charge in [-0.3, -0.25) is 9.13 Å². The van der Waals surface area contributed by atoms with Crippen molar-refractivity contribution in [1.29, 1.82) is 0 Å². The molecule has 36 heavy (non-hydrogen) atoms. The smallest absolute Gasteiger partial charge is 0.333 e. The van der Waals surface area contributed by atoms with Gasteiger partial charge in [0.1, 0.15) is 17.5 Å². The number of halogens is 4. The Labute approximate surface area is 220 Å². The van der Waals surface area contributed by atoms with Gasteiger partial charge in [-0.15, -0.1) is 24.8 Å². The van der Waals surface area contributed by atoms with Gasteiger partial charge in [0, 0.05) is 29.6 Å². The predicted octanol–water partition coefficient (Wildman–Crippen LogP) is 5.04. The molecule has 0 aliphatic carbocycles. The van der Waals surface area contributed by atoms with E-state index >= 15 is 0 Å². The van der Waals surface area contributed by atoms with Gasteiger partial charge < -0.3 is 10.6 Å². The maximum Gasteiger partial charge on any atom is 0.333 e. The van der Waals surface area contributed by atoms with Gasteiger partial charge in [0.15, 0.2) is 0 Å².